The van der Waals surface area contributed by atoms with Crippen molar-refractivity contribution in [3.8, 4) is 0 Å². The van der Waals surface area contributed by atoms with Crippen molar-refractivity contribution in [3.63, 3.8) is 0 Å². The van der Waals surface area contributed by atoms with Crippen molar-refractivity contribution in [3.05, 3.63) is 63.7 Å². The van der Waals surface area contributed by atoms with E-state index in [0.29, 0.717) is 36.4 Å². The second-order valence-electron chi connectivity index (χ2n) is 14.1. The van der Waals surface area contributed by atoms with Crippen LogP contribution in [0.3, 0.4) is 0 Å². The summed E-state index contributed by atoms with van der Waals surface area (Å²) in [5, 5.41) is 28.0. The molecule has 14 heteroatoms. The van der Waals surface area contributed by atoms with E-state index in [9.17, 15) is 29.6 Å². The molecule has 3 saturated heterocycles. The van der Waals surface area contributed by atoms with E-state index in [-0.39, 0.29) is 54.6 Å². The van der Waals surface area contributed by atoms with Gasteiger partial charge in [0, 0.05) is 47.9 Å². The monoisotopic (exact) mass is 681 g/mol. The zero-order valence-electron chi connectivity index (χ0n) is 27.6. The van der Waals surface area contributed by atoms with Gasteiger partial charge in [-0.1, -0.05) is 19.1 Å². The molecule has 3 fully saturated rings. The number of likely N-dealkylation sites (tertiary alicyclic amines) is 1. The van der Waals surface area contributed by atoms with E-state index < -0.39 is 42.4 Å². The second kappa shape index (κ2) is 13.3. The summed E-state index contributed by atoms with van der Waals surface area (Å²) in [6, 6.07) is 11.1. The van der Waals surface area contributed by atoms with Crippen molar-refractivity contribution in [2.24, 2.45) is 11.8 Å². The number of fused-ring (bicyclic) bond motifs is 2. The smallest absolute Gasteiger partial charge is 0.269 e. The van der Waals surface area contributed by atoms with Crippen LogP contribution in [0, 0.1) is 22.0 Å². The van der Waals surface area contributed by atoms with Crippen molar-refractivity contribution in [2.75, 3.05) is 36.5 Å². The van der Waals surface area contributed by atoms with E-state index in [2.05, 4.69) is 10.6 Å². The number of ether oxygens (including phenoxy) is 1. The Balaban J connectivity index is 1.33. The largest absolute Gasteiger partial charge is 0.394 e. The van der Waals surface area contributed by atoms with Gasteiger partial charge in [-0.05, 0) is 69.1 Å². The van der Waals surface area contributed by atoms with Gasteiger partial charge in [0.1, 0.15) is 0 Å². The fraction of sp³-hybridized carbons (Fsp3) is 0.559. The van der Waals surface area contributed by atoms with Gasteiger partial charge in [-0.3, -0.25) is 24.5 Å². The van der Waals surface area contributed by atoms with Crippen LogP contribution >= 0.6 is 0 Å². The summed E-state index contributed by atoms with van der Waals surface area (Å²) < 4.78 is 22.9. The normalized spacial score (nSPS) is 28.6. The van der Waals surface area contributed by atoms with Crippen LogP contribution in [0.2, 0.25) is 18.6 Å². The van der Waals surface area contributed by atoms with Crippen molar-refractivity contribution in [1.82, 2.24) is 10.2 Å². The predicted octanol–water partition coefficient (Wildman–Crippen LogP) is 4.23. The van der Waals surface area contributed by atoms with Gasteiger partial charge in [0.2, 0.25) is 20.2 Å². The van der Waals surface area contributed by atoms with Gasteiger partial charge in [0.25, 0.3) is 11.6 Å². The molecule has 2 aromatic rings. The molecule has 12 nitrogen and oxygen atoms in total. The molecule has 0 aromatic heterocycles. The highest BCUT2D eigenvalue weighted by Crippen LogP contribution is 2.60. The molecular formula is C34H44FN5O7Si. The fourth-order valence-corrected chi connectivity index (χ4v) is 10.9. The minimum atomic E-state index is -3.59. The van der Waals surface area contributed by atoms with Crippen LogP contribution in [0.15, 0.2) is 42.5 Å². The summed E-state index contributed by atoms with van der Waals surface area (Å²) in [6.45, 7) is 6.72. The number of nitro groups is 1. The Labute approximate surface area is 280 Å². The summed E-state index contributed by atoms with van der Waals surface area (Å²) in [5.74, 6) is -1.69. The first-order chi connectivity index (χ1) is 22.8. The van der Waals surface area contributed by atoms with Crippen LogP contribution in [0.1, 0.15) is 50.2 Å². The average molecular weight is 682 g/mol. The van der Waals surface area contributed by atoms with Crippen LogP contribution in [-0.2, 0) is 31.3 Å². The van der Waals surface area contributed by atoms with Crippen molar-refractivity contribution >= 4 is 43.2 Å². The highest BCUT2D eigenvalue weighted by atomic mass is 28.4. The average Bonchev–Trinajstić information content (AvgIpc) is 3.72. The predicted molar refractivity (Wildman–Crippen MR) is 179 cm³/mol. The Bertz CT molecular complexity index is 1600. The third-order valence-corrected chi connectivity index (χ3v) is 13.1. The molecule has 3 amide bonds. The molecular weight excluding hydrogens is 637 g/mol. The standard InChI is InChI=1S/C34H44FN5O7Si/c1-21-31(48(2,3)35)29(17-30(42)38-14-6-10-26(38)20-41)47-34(21)27-16-25(40(45)46)11-12-28(27)39(33(34)44)19-22-7-4-9-24(15-22)37-32(43)23-8-5-13-36-18-23/h4,7,9,11-12,15-16,21,23,26,29,31,36,41H,5-6,8,10,13-14,17-20H2,1-3H3,(H,37,43)/t21-,23?,26+,29+,31-,34+/m1/s1. The Hall–Kier alpha value is -3.72. The minimum absolute atomic E-state index is 0.0762. The summed E-state index contributed by atoms with van der Waals surface area (Å²) in [6.07, 6.45) is 2.05. The Kier molecular flexibility index (Phi) is 9.46. The molecule has 0 bridgehead atoms. The van der Waals surface area contributed by atoms with E-state index in [1.807, 2.05) is 6.07 Å². The number of aliphatic hydroxyl groups is 1. The van der Waals surface area contributed by atoms with E-state index >= 15 is 4.11 Å². The lowest BCUT2D eigenvalue weighted by Gasteiger charge is -2.31. The summed E-state index contributed by atoms with van der Waals surface area (Å²) >= 11 is 0. The second-order valence-corrected chi connectivity index (χ2v) is 17.9. The van der Waals surface area contributed by atoms with Gasteiger partial charge in [-0.2, -0.15) is 0 Å². The third kappa shape index (κ3) is 6.14. The summed E-state index contributed by atoms with van der Waals surface area (Å²) in [7, 11) is -3.59. The van der Waals surface area contributed by atoms with Gasteiger partial charge in [-0.25, -0.2) is 0 Å². The maximum absolute atomic E-state index is 16.3. The highest BCUT2D eigenvalue weighted by molar-refractivity contribution is 6.72. The number of carbonyl (C=O) groups excluding carboxylic acids is 3. The number of nitrogens with zero attached hydrogens (tertiary/aromatic N) is 3. The van der Waals surface area contributed by atoms with Crippen molar-refractivity contribution < 1.29 is 33.3 Å². The quantitative estimate of drug-likeness (QED) is 0.154. The Morgan fingerprint density at radius 2 is 2.00 bits per heavy atom. The van der Waals surface area contributed by atoms with Crippen molar-refractivity contribution in [2.45, 2.75) is 82.0 Å². The number of hydrogen-bond donors (Lipinski definition) is 3. The SMILES string of the molecule is C[C@@H]1[C@@H]([Si](C)(C)F)[C@H](CC(=O)N2CCC[C@H]2CO)O[C@@]12C(=O)N(Cc1cccc(NC(=O)C3CCCNC3)c1)c1ccc([N+](=O)[O-])cc12. The zero-order valence-corrected chi connectivity index (χ0v) is 28.6. The Morgan fingerprint density at radius 1 is 1.21 bits per heavy atom. The van der Waals surface area contributed by atoms with Gasteiger partial charge in [0.05, 0.1) is 48.2 Å². The molecule has 2 aromatic carbocycles. The molecule has 6 rings (SSSR count). The first-order valence-corrected chi connectivity index (χ1v) is 19.8. The molecule has 258 valence electrons. The molecule has 3 N–H and O–H groups in total. The maximum atomic E-state index is 16.3. The van der Waals surface area contributed by atoms with E-state index in [0.717, 1.165) is 25.8 Å². The van der Waals surface area contributed by atoms with E-state index in [1.54, 1.807) is 30.0 Å². The van der Waals surface area contributed by atoms with Crippen LogP contribution < -0.4 is 15.5 Å². The van der Waals surface area contributed by atoms with Crippen LogP contribution in [0.4, 0.5) is 21.2 Å². The van der Waals surface area contributed by atoms with Crippen molar-refractivity contribution in [1.29, 1.82) is 0 Å². The van der Waals surface area contributed by atoms with Gasteiger partial charge >= 0.3 is 0 Å². The molecule has 1 unspecified atom stereocenters. The molecule has 48 heavy (non-hydrogen) atoms. The molecule has 4 aliphatic heterocycles. The third-order valence-electron chi connectivity index (χ3n) is 10.6. The lowest BCUT2D eigenvalue weighted by molar-refractivity contribution is -0.385. The highest BCUT2D eigenvalue weighted by Gasteiger charge is 2.67. The Morgan fingerprint density at radius 3 is 2.69 bits per heavy atom. The number of anilines is 2. The van der Waals surface area contributed by atoms with E-state index in [4.69, 9.17) is 4.74 Å². The zero-order chi connectivity index (χ0) is 34.4. The number of nitrogens with one attached hydrogen (secondary N) is 2. The first kappa shape index (κ1) is 34.2. The van der Waals surface area contributed by atoms with Crippen LogP contribution in [0.5, 0.6) is 0 Å². The topological polar surface area (TPSA) is 154 Å². The summed E-state index contributed by atoms with van der Waals surface area (Å²) in [4.78, 5) is 55.7. The number of non-ortho nitro benzene ring substituents is 1. The van der Waals surface area contributed by atoms with Gasteiger partial charge < -0.3 is 34.4 Å². The lowest BCUT2D eigenvalue weighted by atomic mass is 9.82. The number of benzene rings is 2. The van der Waals surface area contributed by atoms with Gasteiger partial charge in [-0.15, -0.1) is 0 Å². The number of aliphatic hydroxyl groups excluding tert-OH is 1. The van der Waals surface area contributed by atoms with E-state index in [1.165, 1.54) is 36.2 Å². The number of rotatable bonds is 9. The van der Waals surface area contributed by atoms with Gasteiger partial charge in [0.15, 0.2) is 5.60 Å². The molecule has 0 saturated carbocycles. The maximum Gasteiger partial charge on any atom is 0.269 e. The number of hydrogen-bond acceptors (Lipinski definition) is 8. The lowest BCUT2D eigenvalue weighted by Crippen LogP contribution is -2.45. The van der Waals surface area contributed by atoms with Crippen LogP contribution in [0.25, 0.3) is 0 Å². The molecule has 4 heterocycles. The fourth-order valence-electron chi connectivity index (χ4n) is 8.40. The molecule has 0 aliphatic carbocycles. The molecule has 4 aliphatic rings. The number of halogens is 1. The number of amides is 3. The minimum Gasteiger partial charge on any atom is -0.394 e. The number of nitro benzene ring substituents is 1. The van der Waals surface area contributed by atoms with Crippen LogP contribution in [-0.4, -0.2) is 79.4 Å². The molecule has 1 spiro atoms. The number of piperidine rings is 1. The molecule has 0 radical (unpaired) electrons. The number of carbonyl (C=O) groups is 3. The summed E-state index contributed by atoms with van der Waals surface area (Å²) in [5.41, 5.74) is -0.723. The first-order valence-electron chi connectivity index (χ1n) is 16.8. The molecule has 6 atom stereocenters.